The van der Waals surface area contributed by atoms with E-state index in [2.05, 4.69) is 32.6 Å². The Labute approximate surface area is 76.1 Å². The summed E-state index contributed by atoms with van der Waals surface area (Å²) < 4.78 is 0. The molecule has 0 amide bonds. The van der Waals surface area contributed by atoms with Crippen molar-refractivity contribution in [1.29, 1.82) is 0 Å². The molecule has 2 rings (SSSR count). The highest BCUT2D eigenvalue weighted by molar-refractivity contribution is 5.14. The first-order valence-corrected chi connectivity index (χ1v) is 5.33. The molecule has 2 fully saturated rings. The minimum atomic E-state index is 0.699. The van der Waals surface area contributed by atoms with Gasteiger partial charge >= 0.3 is 0 Å². The molecule has 1 saturated heterocycles. The zero-order valence-corrected chi connectivity index (χ0v) is 8.80. The van der Waals surface area contributed by atoms with Gasteiger partial charge in [0.15, 0.2) is 0 Å². The number of piperidine rings is 1. The molecule has 0 spiro atoms. The highest BCUT2D eigenvalue weighted by atomic mass is 15.2. The van der Waals surface area contributed by atoms with E-state index in [0.717, 1.165) is 17.9 Å². The number of hydrogen-bond acceptors (Lipinski definition) is 1. The summed E-state index contributed by atoms with van der Waals surface area (Å²) >= 11 is 0. The van der Waals surface area contributed by atoms with Gasteiger partial charge < -0.3 is 0 Å². The van der Waals surface area contributed by atoms with Crippen LogP contribution in [0.4, 0.5) is 0 Å². The van der Waals surface area contributed by atoms with Crippen molar-refractivity contribution in [3.05, 3.63) is 0 Å². The summed E-state index contributed by atoms with van der Waals surface area (Å²) in [6, 6.07) is 0.868. The number of fused-ring (bicyclic) bond motifs is 1. The van der Waals surface area contributed by atoms with Gasteiger partial charge in [-0.2, -0.15) is 0 Å². The van der Waals surface area contributed by atoms with Gasteiger partial charge in [0.1, 0.15) is 0 Å². The van der Waals surface area contributed by atoms with Crippen LogP contribution in [-0.4, -0.2) is 24.0 Å². The predicted molar refractivity (Wildman–Crippen MR) is 52.1 cm³/mol. The van der Waals surface area contributed by atoms with Crippen LogP contribution < -0.4 is 0 Å². The fourth-order valence-electron chi connectivity index (χ4n) is 3.43. The lowest BCUT2D eigenvalue weighted by Crippen LogP contribution is -2.39. The number of hydrogen-bond donors (Lipinski definition) is 0. The highest BCUT2D eigenvalue weighted by Gasteiger charge is 2.62. The standard InChI is InChI=1S/C11H21N/c1-5-12-7-9-6-11(9,4)10(12)8(2)3/h8-10H,5-7H2,1-4H3. The summed E-state index contributed by atoms with van der Waals surface area (Å²) in [5.74, 6) is 1.87. The van der Waals surface area contributed by atoms with Crippen molar-refractivity contribution in [3.8, 4) is 0 Å². The summed E-state index contributed by atoms with van der Waals surface area (Å²) in [4.78, 5) is 2.68. The van der Waals surface area contributed by atoms with Crippen LogP contribution in [0.5, 0.6) is 0 Å². The van der Waals surface area contributed by atoms with Crippen LogP contribution in [0.3, 0.4) is 0 Å². The third-order valence-electron chi connectivity index (χ3n) is 4.02. The Hall–Kier alpha value is -0.0400. The molecule has 70 valence electrons. The Bertz CT molecular complexity index is 187. The first-order valence-electron chi connectivity index (χ1n) is 5.33. The predicted octanol–water partition coefficient (Wildman–Crippen LogP) is 2.37. The van der Waals surface area contributed by atoms with Gasteiger partial charge in [0.05, 0.1) is 0 Å². The van der Waals surface area contributed by atoms with Crippen LogP contribution >= 0.6 is 0 Å². The molecule has 0 radical (unpaired) electrons. The number of rotatable bonds is 2. The highest BCUT2D eigenvalue weighted by Crippen LogP contribution is 2.62. The van der Waals surface area contributed by atoms with E-state index in [0.29, 0.717) is 5.41 Å². The zero-order chi connectivity index (χ0) is 8.93. The van der Waals surface area contributed by atoms with Crippen molar-refractivity contribution >= 4 is 0 Å². The second kappa shape index (κ2) is 2.47. The van der Waals surface area contributed by atoms with Gasteiger partial charge in [-0.25, -0.2) is 0 Å². The van der Waals surface area contributed by atoms with Gasteiger partial charge in [-0.05, 0) is 30.2 Å². The topological polar surface area (TPSA) is 3.24 Å². The molecular weight excluding hydrogens is 146 g/mol. The normalized spacial score (nSPS) is 46.8. The summed E-state index contributed by atoms with van der Waals surface area (Å²) in [6.45, 7) is 12.1. The maximum atomic E-state index is 2.68. The molecule has 0 N–H and O–H groups in total. The minimum Gasteiger partial charge on any atom is -0.300 e. The Kier molecular flexibility index (Phi) is 1.76. The maximum Gasteiger partial charge on any atom is 0.0175 e. The Morgan fingerprint density at radius 2 is 2.17 bits per heavy atom. The van der Waals surface area contributed by atoms with E-state index in [1.54, 1.807) is 0 Å². The van der Waals surface area contributed by atoms with Crippen LogP contribution in [0.2, 0.25) is 0 Å². The molecule has 1 aliphatic carbocycles. The third-order valence-corrected chi connectivity index (χ3v) is 4.02. The maximum absolute atomic E-state index is 2.68. The molecule has 1 nitrogen and oxygen atoms in total. The quantitative estimate of drug-likeness (QED) is 0.610. The van der Waals surface area contributed by atoms with Gasteiger partial charge in [0.2, 0.25) is 0 Å². The molecule has 1 saturated carbocycles. The van der Waals surface area contributed by atoms with Crippen molar-refractivity contribution in [2.24, 2.45) is 17.3 Å². The van der Waals surface area contributed by atoms with Crippen molar-refractivity contribution in [2.45, 2.75) is 40.2 Å². The molecule has 2 aliphatic rings. The van der Waals surface area contributed by atoms with Crippen LogP contribution in [0, 0.1) is 17.3 Å². The lowest BCUT2D eigenvalue weighted by atomic mass is 9.89. The lowest BCUT2D eigenvalue weighted by Gasteiger charge is -2.32. The van der Waals surface area contributed by atoms with E-state index in [1.165, 1.54) is 19.5 Å². The second-order valence-electron chi connectivity index (χ2n) is 5.18. The third kappa shape index (κ3) is 0.953. The van der Waals surface area contributed by atoms with Gasteiger partial charge in [-0.1, -0.05) is 27.7 Å². The van der Waals surface area contributed by atoms with Crippen LogP contribution in [-0.2, 0) is 0 Å². The van der Waals surface area contributed by atoms with Gasteiger partial charge in [-0.15, -0.1) is 0 Å². The zero-order valence-electron chi connectivity index (χ0n) is 8.80. The van der Waals surface area contributed by atoms with E-state index >= 15 is 0 Å². The smallest absolute Gasteiger partial charge is 0.0175 e. The fraction of sp³-hybridized carbons (Fsp3) is 1.00. The van der Waals surface area contributed by atoms with E-state index < -0.39 is 0 Å². The number of nitrogens with zero attached hydrogens (tertiary/aromatic N) is 1. The molecule has 0 aromatic carbocycles. The largest absolute Gasteiger partial charge is 0.300 e. The van der Waals surface area contributed by atoms with Crippen molar-refractivity contribution in [2.75, 3.05) is 13.1 Å². The van der Waals surface area contributed by atoms with Gasteiger partial charge in [0.25, 0.3) is 0 Å². The summed E-state index contributed by atoms with van der Waals surface area (Å²) in [7, 11) is 0. The lowest BCUT2D eigenvalue weighted by molar-refractivity contribution is 0.151. The minimum absolute atomic E-state index is 0.699. The van der Waals surface area contributed by atoms with Gasteiger partial charge in [-0.3, -0.25) is 4.90 Å². The van der Waals surface area contributed by atoms with Crippen LogP contribution in [0.1, 0.15) is 34.1 Å². The van der Waals surface area contributed by atoms with Crippen LogP contribution in [0.25, 0.3) is 0 Å². The molecule has 1 heteroatoms. The molecule has 0 aromatic rings. The first kappa shape index (κ1) is 8.55. The monoisotopic (exact) mass is 167 g/mol. The van der Waals surface area contributed by atoms with E-state index in [9.17, 15) is 0 Å². The average molecular weight is 167 g/mol. The number of likely N-dealkylation sites (tertiary alicyclic amines) is 1. The molecule has 12 heavy (non-hydrogen) atoms. The summed E-state index contributed by atoms with van der Waals surface area (Å²) in [6.07, 6.45) is 1.49. The first-order chi connectivity index (χ1) is 5.59. The molecule has 3 unspecified atom stereocenters. The Morgan fingerprint density at radius 3 is 2.58 bits per heavy atom. The SMILES string of the molecule is CCN1CC2CC2(C)C1C(C)C. The summed E-state index contributed by atoms with van der Waals surface area (Å²) in [5, 5.41) is 0. The van der Waals surface area contributed by atoms with Crippen molar-refractivity contribution in [3.63, 3.8) is 0 Å². The van der Waals surface area contributed by atoms with E-state index in [1.807, 2.05) is 0 Å². The van der Waals surface area contributed by atoms with E-state index in [-0.39, 0.29) is 0 Å². The van der Waals surface area contributed by atoms with Crippen molar-refractivity contribution in [1.82, 2.24) is 4.90 Å². The second-order valence-corrected chi connectivity index (χ2v) is 5.18. The summed E-state index contributed by atoms with van der Waals surface area (Å²) in [5.41, 5.74) is 0.699. The Balaban J connectivity index is 2.14. The van der Waals surface area contributed by atoms with Crippen LogP contribution in [0.15, 0.2) is 0 Å². The van der Waals surface area contributed by atoms with Gasteiger partial charge in [0, 0.05) is 12.6 Å². The molecule has 1 aliphatic heterocycles. The molecule has 1 heterocycles. The molecular formula is C11H21N. The average Bonchev–Trinajstić information content (AvgIpc) is 2.52. The van der Waals surface area contributed by atoms with E-state index in [4.69, 9.17) is 0 Å². The molecule has 0 bridgehead atoms. The Morgan fingerprint density at radius 1 is 1.50 bits per heavy atom. The molecule has 0 aromatic heterocycles. The van der Waals surface area contributed by atoms with Crippen molar-refractivity contribution < 1.29 is 0 Å². The fourth-order valence-corrected chi connectivity index (χ4v) is 3.43. The molecule has 3 atom stereocenters.